The Morgan fingerprint density at radius 1 is 1.19 bits per heavy atom. The van der Waals surface area contributed by atoms with Gasteiger partial charge in [-0.2, -0.15) is 5.10 Å². The molecule has 1 amide bonds. The van der Waals surface area contributed by atoms with Gasteiger partial charge in [0.05, 0.1) is 28.4 Å². The van der Waals surface area contributed by atoms with E-state index in [0.29, 0.717) is 41.2 Å². The van der Waals surface area contributed by atoms with Gasteiger partial charge in [-0.05, 0) is 25.0 Å². The predicted molar refractivity (Wildman–Crippen MR) is 103 cm³/mol. The highest BCUT2D eigenvalue weighted by Gasteiger charge is 2.23. The highest BCUT2D eigenvalue weighted by molar-refractivity contribution is 5.95. The second-order valence-electron chi connectivity index (χ2n) is 7.07. The lowest BCUT2D eigenvalue weighted by atomic mass is 9.85. The van der Waals surface area contributed by atoms with E-state index in [-0.39, 0.29) is 11.5 Å². The van der Waals surface area contributed by atoms with Crippen LogP contribution in [0.2, 0.25) is 0 Å². The molecule has 2 aromatic heterocycles. The minimum atomic E-state index is -0.156. The van der Waals surface area contributed by atoms with E-state index in [9.17, 15) is 9.59 Å². The fourth-order valence-corrected chi connectivity index (χ4v) is 3.82. The van der Waals surface area contributed by atoms with Crippen LogP contribution in [0.25, 0.3) is 10.9 Å². The highest BCUT2D eigenvalue weighted by Crippen LogP contribution is 2.33. The van der Waals surface area contributed by atoms with Gasteiger partial charge in [0.25, 0.3) is 11.5 Å². The van der Waals surface area contributed by atoms with Crippen molar-refractivity contribution in [1.29, 1.82) is 0 Å². The number of benzene rings is 1. The Labute approximate surface area is 156 Å². The van der Waals surface area contributed by atoms with E-state index in [1.54, 1.807) is 12.3 Å². The average molecular weight is 365 g/mol. The molecule has 1 saturated carbocycles. The second-order valence-corrected chi connectivity index (χ2v) is 7.07. The minimum Gasteiger partial charge on any atom is -0.351 e. The molecule has 0 atom stereocenters. The van der Waals surface area contributed by atoms with Gasteiger partial charge in [-0.15, -0.1) is 0 Å². The van der Waals surface area contributed by atoms with Crippen LogP contribution < -0.4 is 10.9 Å². The molecule has 1 aromatic carbocycles. The standard InChI is InChI=1S/C20H23N5O2/c26-19(15-12-22-25-18(15)13-6-2-1-3-7-13)21-11-10-17-23-16-9-5-4-8-14(16)20(27)24-17/h4-5,8-9,12-13H,1-3,6-7,10-11H2,(H,21,26)(H,22,25)(H,23,24,27). The Morgan fingerprint density at radius 3 is 2.85 bits per heavy atom. The maximum Gasteiger partial charge on any atom is 0.258 e. The molecule has 1 fully saturated rings. The van der Waals surface area contributed by atoms with Crippen LogP contribution in [0.15, 0.2) is 35.3 Å². The van der Waals surface area contributed by atoms with Crippen molar-refractivity contribution in [3.05, 3.63) is 57.9 Å². The molecular formula is C20H23N5O2. The van der Waals surface area contributed by atoms with Gasteiger partial charge in [0.2, 0.25) is 0 Å². The van der Waals surface area contributed by atoms with Crippen LogP contribution in [0.5, 0.6) is 0 Å². The summed E-state index contributed by atoms with van der Waals surface area (Å²) in [7, 11) is 0. The van der Waals surface area contributed by atoms with Gasteiger partial charge in [-0.1, -0.05) is 31.4 Å². The van der Waals surface area contributed by atoms with Crippen molar-refractivity contribution in [2.75, 3.05) is 6.54 Å². The largest absolute Gasteiger partial charge is 0.351 e. The number of rotatable bonds is 5. The fraction of sp³-hybridized carbons (Fsp3) is 0.400. The molecule has 0 saturated heterocycles. The number of para-hydroxylation sites is 1. The van der Waals surface area contributed by atoms with Crippen molar-refractivity contribution in [2.45, 2.75) is 44.4 Å². The number of carbonyl (C=O) groups excluding carboxylic acids is 1. The van der Waals surface area contributed by atoms with E-state index in [2.05, 4.69) is 25.5 Å². The summed E-state index contributed by atoms with van der Waals surface area (Å²) < 4.78 is 0. The predicted octanol–water partition coefficient (Wildman–Crippen LogP) is 2.67. The summed E-state index contributed by atoms with van der Waals surface area (Å²) in [5.74, 6) is 0.826. The smallest absolute Gasteiger partial charge is 0.258 e. The number of aromatic amines is 2. The van der Waals surface area contributed by atoms with Gasteiger partial charge in [0.1, 0.15) is 5.82 Å². The van der Waals surface area contributed by atoms with E-state index in [1.807, 2.05) is 18.2 Å². The first-order valence-corrected chi connectivity index (χ1v) is 9.52. The minimum absolute atomic E-state index is 0.132. The Balaban J connectivity index is 1.40. The molecule has 3 N–H and O–H groups in total. The molecule has 0 aliphatic heterocycles. The molecule has 7 nitrogen and oxygen atoms in total. The van der Waals surface area contributed by atoms with Gasteiger partial charge in [-0.25, -0.2) is 4.98 Å². The van der Waals surface area contributed by atoms with E-state index in [0.717, 1.165) is 18.5 Å². The van der Waals surface area contributed by atoms with E-state index >= 15 is 0 Å². The number of aromatic nitrogens is 4. The first-order valence-electron chi connectivity index (χ1n) is 9.52. The summed E-state index contributed by atoms with van der Waals surface area (Å²) >= 11 is 0. The Bertz CT molecular complexity index is 1000. The molecular weight excluding hydrogens is 342 g/mol. The van der Waals surface area contributed by atoms with Crippen molar-refractivity contribution >= 4 is 16.8 Å². The van der Waals surface area contributed by atoms with Crippen molar-refractivity contribution in [3.8, 4) is 0 Å². The zero-order valence-electron chi connectivity index (χ0n) is 15.1. The molecule has 0 spiro atoms. The third kappa shape index (κ3) is 3.77. The number of nitrogens with one attached hydrogen (secondary N) is 3. The molecule has 140 valence electrons. The number of carbonyl (C=O) groups is 1. The van der Waals surface area contributed by atoms with Crippen LogP contribution in [0.4, 0.5) is 0 Å². The van der Waals surface area contributed by atoms with Crippen molar-refractivity contribution in [3.63, 3.8) is 0 Å². The van der Waals surface area contributed by atoms with Crippen molar-refractivity contribution < 1.29 is 4.79 Å². The van der Waals surface area contributed by atoms with Gasteiger partial charge in [-0.3, -0.25) is 14.7 Å². The average Bonchev–Trinajstić information content (AvgIpc) is 3.19. The summed E-state index contributed by atoms with van der Waals surface area (Å²) in [5.41, 5.74) is 2.08. The van der Waals surface area contributed by atoms with Crippen LogP contribution in [0.1, 0.15) is 59.9 Å². The van der Waals surface area contributed by atoms with E-state index in [1.165, 1.54) is 19.3 Å². The monoisotopic (exact) mass is 365 g/mol. The fourth-order valence-electron chi connectivity index (χ4n) is 3.82. The number of nitrogens with zero attached hydrogens (tertiary/aromatic N) is 2. The molecule has 27 heavy (non-hydrogen) atoms. The lowest BCUT2D eigenvalue weighted by Crippen LogP contribution is -2.28. The van der Waals surface area contributed by atoms with Crippen LogP contribution in [0.3, 0.4) is 0 Å². The molecule has 2 heterocycles. The van der Waals surface area contributed by atoms with Gasteiger partial charge < -0.3 is 10.3 Å². The van der Waals surface area contributed by atoms with Crippen LogP contribution >= 0.6 is 0 Å². The Hall–Kier alpha value is -2.96. The summed E-state index contributed by atoms with van der Waals surface area (Å²) in [6.45, 7) is 0.398. The first kappa shape index (κ1) is 17.5. The topological polar surface area (TPSA) is 104 Å². The maximum atomic E-state index is 12.6. The van der Waals surface area contributed by atoms with Gasteiger partial charge in [0, 0.05) is 18.9 Å². The van der Waals surface area contributed by atoms with E-state index < -0.39 is 0 Å². The number of hydrogen-bond acceptors (Lipinski definition) is 4. The molecule has 1 aliphatic rings. The summed E-state index contributed by atoms with van der Waals surface area (Å²) in [6.07, 6.45) is 7.94. The first-order chi connectivity index (χ1) is 13.2. The maximum absolute atomic E-state index is 12.6. The summed E-state index contributed by atoms with van der Waals surface area (Å²) in [4.78, 5) is 31.9. The Kier molecular flexibility index (Phi) is 5.00. The van der Waals surface area contributed by atoms with Crippen LogP contribution in [-0.4, -0.2) is 32.6 Å². The number of hydrogen-bond donors (Lipinski definition) is 3. The summed E-state index contributed by atoms with van der Waals surface area (Å²) in [6, 6.07) is 7.23. The van der Waals surface area contributed by atoms with Crippen LogP contribution in [0, 0.1) is 0 Å². The van der Waals surface area contributed by atoms with Crippen molar-refractivity contribution in [2.24, 2.45) is 0 Å². The normalized spacial score (nSPS) is 15.1. The second kappa shape index (κ2) is 7.73. The van der Waals surface area contributed by atoms with Gasteiger partial charge in [0.15, 0.2) is 0 Å². The van der Waals surface area contributed by atoms with Gasteiger partial charge >= 0.3 is 0 Å². The lowest BCUT2D eigenvalue weighted by molar-refractivity contribution is 0.0952. The molecule has 7 heteroatoms. The third-order valence-corrected chi connectivity index (χ3v) is 5.24. The zero-order valence-corrected chi connectivity index (χ0v) is 15.1. The number of amides is 1. The van der Waals surface area contributed by atoms with Crippen LogP contribution in [-0.2, 0) is 6.42 Å². The number of fused-ring (bicyclic) bond motifs is 1. The molecule has 1 aliphatic carbocycles. The molecule has 0 bridgehead atoms. The molecule has 0 unspecified atom stereocenters. The lowest BCUT2D eigenvalue weighted by Gasteiger charge is -2.21. The van der Waals surface area contributed by atoms with E-state index in [4.69, 9.17) is 0 Å². The quantitative estimate of drug-likeness (QED) is 0.646. The Morgan fingerprint density at radius 2 is 2.00 bits per heavy atom. The third-order valence-electron chi connectivity index (χ3n) is 5.24. The molecule has 4 rings (SSSR count). The van der Waals surface area contributed by atoms with Crippen molar-refractivity contribution in [1.82, 2.24) is 25.5 Å². The number of H-pyrrole nitrogens is 2. The SMILES string of the molecule is O=C(NCCc1nc2ccccc2c(=O)[nH]1)c1cn[nH]c1C1CCCCC1. The molecule has 3 aromatic rings. The zero-order chi connectivity index (χ0) is 18.6. The molecule has 0 radical (unpaired) electrons. The summed E-state index contributed by atoms with van der Waals surface area (Å²) in [5, 5.41) is 10.6. The highest BCUT2D eigenvalue weighted by atomic mass is 16.1.